The molecule has 0 saturated carbocycles. The highest BCUT2D eigenvalue weighted by atomic mass is 32.2. The van der Waals surface area contributed by atoms with Crippen LogP contribution in [0, 0.1) is 19.8 Å². The van der Waals surface area contributed by atoms with Gasteiger partial charge >= 0.3 is 0 Å². The van der Waals surface area contributed by atoms with Gasteiger partial charge in [0.1, 0.15) is 5.75 Å². The quantitative estimate of drug-likeness (QED) is 0.729. The molecule has 1 aromatic carbocycles. The van der Waals surface area contributed by atoms with Crippen LogP contribution in [0.5, 0.6) is 5.75 Å². The van der Waals surface area contributed by atoms with Crippen molar-refractivity contribution in [1.29, 1.82) is 0 Å². The fourth-order valence-electron chi connectivity index (χ4n) is 1.99. The highest BCUT2D eigenvalue weighted by molar-refractivity contribution is 8.01. The van der Waals surface area contributed by atoms with E-state index in [1.165, 1.54) is 11.3 Å². The van der Waals surface area contributed by atoms with Crippen LogP contribution in [0.1, 0.15) is 25.0 Å². The Morgan fingerprint density at radius 1 is 1.25 bits per heavy atom. The Bertz CT molecular complexity index is 817. The Balaban J connectivity index is 2.21. The van der Waals surface area contributed by atoms with Crippen LogP contribution in [0.25, 0.3) is 0 Å². The standard InChI is InChI=1S/C15H21N3O3S3/c1-9(2)8-22-15-17-16-14(23-15)18-24(19,20)13-7-10(3)12(21-5)6-11(13)4/h6-7,9H,8H2,1-5H3,(H,16,18). The van der Waals surface area contributed by atoms with Gasteiger partial charge in [0, 0.05) is 5.75 Å². The first-order valence-corrected chi connectivity index (χ1v) is 10.7. The molecule has 9 heteroatoms. The molecule has 0 atom stereocenters. The van der Waals surface area contributed by atoms with Crippen LogP contribution in [-0.4, -0.2) is 31.5 Å². The van der Waals surface area contributed by atoms with E-state index < -0.39 is 10.0 Å². The highest BCUT2D eigenvalue weighted by Crippen LogP contribution is 2.30. The summed E-state index contributed by atoms with van der Waals surface area (Å²) < 4.78 is 33.7. The molecule has 0 spiro atoms. The third-order valence-corrected chi connectivity index (χ3v) is 7.16. The number of hydrogen-bond donors (Lipinski definition) is 1. The zero-order valence-corrected chi connectivity index (χ0v) is 16.7. The second kappa shape index (κ2) is 7.71. The maximum Gasteiger partial charge on any atom is 0.263 e. The zero-order valence-electron chi connectivity index (χ0n) is 14.3. The van der Waals surface area contributed by atoms with Gasteiger partial charge in [0.25, 0.3) is 10.0 Å². The predicted octanol–water partition coefficient (Wildman–Crippen LogP) is 3.71. The van der Waals surface area contributed by atoms with Gasteiger partial charge in [-0.25, -0.2) is 8.42 Å². The molecule has 0 amide bonds. The molecule has 1 heterocycles. The second-order valence-corrected chi connectivity index (χ2v) is 9.67. The van der Waals surface area contributed by atoms with E-state index >= 15 is 0 Å². The zero-order chi connectivity index (χ0) is 17.9. The first-order valence-electron chi connectivity index (χ1n) is 7.37. The number of nitrogens with zero attached hydrogens (tertiary/aromatic N) is 2. The van der Waals surface area contributed by atoms with E-state index in [-0.39, 0.29) is 10.0 Å². The fraction of sp³-hybridized carbons (Fsp3) is 0.467. The molecule has 24 heavy (non-hydrogen) atoms. The normalized spacial score (nSPS) is 11.8. The Morgan fingerprint density at radius 2 is 1.96 bits per heavy atom. The molecule has 2 aromatic rings. The summed E-state index contributed by atoms with van der Waals surface area (Å²) in [5, 5.41) is 8.21. The lowest BCUT2D eigenvalue weighted by atomic mass is 10.1. The lowest BCUT2D eigenvalue weighted by Crippen LogP contribution is -2.14. The average Bonchev–Trinajstić information content (AvgIpc) is 2.93. The Hall–Kier alpha value is -1.32. The summed E-state index contributed by atoms with van der Waals surface area (Å²) in [7, 11) is -2.16. The average molecular weight is 388 g/mol. The molecule has 0 aliphatic heterocycles. The summed E-state index contributed by atoms with van der Waals surface area (Å²) in [5.74, 6) is 2.11. The number of sulfonamides is 1. The maximum atomic E-state index is 12.6. The number of ether oxygens (including phenoxy) is 1. The molecule has 0 radical (unpaired) electrons. The van der Waals surface area contributed by atoms with E-state index in [9.17, 15) is 8.42 Å². The lowest BCUT2D eigenvalue weighted by molar-refractivity contribution is 0.411. The smallest absolute Gasteiger partial charge is 0.263 e. The summed E-state index contributed by atoms with van der Waals surface area (Å²) >= 11 is 2.82. The molecule has 0 aliphatic rings. The third-order valence-electron chi connectivity index (χ3n) is 3.15. The first-order chi connectivity index (χ1) is 11.2. The summed E-state index contributed by atoms with van der Waals surface area (Å²) in [5.41, 5.74) is 1.37. The van der Waals surface area contributed by atoms with Gasteiger partial charge in [0.05, 0.1) is 12.0 Å². The summed E-state index contributed by atoms with van der Waals surface area (Å²) in [6.07, 6.45) is 0. The molecule has 1 N–H and O–H groups in total. The van der Waals surface area contributed by atoms with Crippen molar-refractivity contribution >= 4 is 38.3 Å². The van der Waals surface area contributed by atoms with Crippen molar-refractivity contribution in [2.24, 2.45) is 5.92 Å². The molecule has 0 unspecified atom stereocenters. The number of benzene rings is 1. The molecule has 132 valence electrons. The number of hydrogen-bond acceptors (Lipinski definition) is 7. The number of rotatable bonds is 7. The minimum absolute atomic E-state index is 0.215. The number of nitrogens with one attached hydrogen (secondary N) is 1. The van der Waals surface area contributed by atoms with Gasteiger partial charge in [0.2, 0.25) is 5.13 Å². The number of thioether (sulfide) groups is 1. The van der Waals surface area contributed by atoms with E-state index in [1.807, 2.05) is 6.92 Å². The van der Waals surface area contributed by atoms with Crippen molar-refractivity contribution in [1.82, 2.24) is 10.2 Å². The van der Waals surface area contributed by atoms with Gasteiger partial charge in [-0.3, -0.25) is 4.72 Å². The van der Waals surface area contributed by atoms with Gasteiger partial charge in [0.15, 0.2) is 4.34 Å². The SMILES string of the molecule is COc1cc(C)c(S(=O)(=O)Nc2nnc(SCC(C)C)s2)cc1C. The van der Waals surface area contributed by atoms with Crippen LogP contribution in [0.2, 0.25) is 0 Å². The van der Waals surface area contributed by atoms with E-state index in [4.69, 9.17) is 4.74 Å². The number of aromatic nitrogens is 2. The van der Waals surface area contributed by atoms with Gasteiger partial charge in [-0.15, -0.1) is 10.2 Å². The van der Waals surface area contributed by atoms with Crippen molar-refractivity contribution in [3.63, 3.8) is 0 Å². The van der Waals surface area contributed by atoms with Crippen molar-refractivity contribution in [3.05, 3.63) is 23.3 Å². The van der Waals surface area contributed by atoms with Crippen LogP contribution in [0.4, 0.5) is 5.13 Å². The molecule has 6 nitrogen and oxygen atoms in total. The molecule has 2 rings (SSSR count). The third kappa shape index (κ3) is 4.61. The number of aryl methyl sites for hydroxylation is 2. The molecule has 0 bridgehead atoms. The molecule has 0 saturated heterocycles. The van der Waals surface area contributed by atoms with Crippen LogP contribution < -0.4 is 9.46 Å². The largest absolute Gasteiger partial charge is 0.496 e. The van der Waals surface area contributed by atoms with Gasteiger partial charge in [-0.05, 0) is 43.0 Å². The Morgan fingerprint density at radius 3 is 2.58 bits per heavy atom. The van der Waals surface area contributed by atoms with Crippen molar-refractivity contribution < 1.29 is 13.2 Å². The van der Waals surface area contributed by atoms with Crippen LogP contribution in [0.15, 0.2) is 21.4 Å². The van der Waals surface area contributed by atoms with Gasteiger partial charge in [-0.2, -0.15) is 0 Å². The second-order valence-electron chi connectivity index (χ2n) is 5.77. The van der Waals surface area contributed by atoms with Crippen molar-refractivity contribution in [3.8, 4) is 5.75 Å². The summed E-state index contributed by atoms with van der Waals surface area (Å²) in [6, 6.07) is 3.32. The molecular formula is C15H21N3O3S3. The van der Waals surface area contributed by atoms with E-state index in [0.29, 0.717) is 17.2 Å². The topological polar surface area (TPSA) is 81.2 Å². The number of methoxy groups -OCH3 is 1. The van der Waals surface area contributed by atoms with Gasteiger partial charge in [-0.1, -0.05) is 36.9 Å². The van der Waals surface area contributed by atoms with Crippen LogP contribution in [-0.2, 0) is 10.0 Å². The van der Waals surface area contributed by atoms with Crippen molar-refractivity contribution in [2.45, 2.75) is 36.9 Å². The summed E-state index contributed by atoms with van der Waals surface area (Å²) in [4.78, 5) is 0.215. The van der Waals surface area contributed by atoms with Crippen LogP contribution in [0.3, 0.4) is 0 Å². The lowest BCUT2D eigenvalue weighted by Gasteiger charge is -2.12. The first kappa shape index (κ1) is 19.0. The molecule has 0 fully saturated rings. The fourth-order valence-corrected chi connectivity index (χ4v) is 5.26. The minimum Gasteiger partial charge on any atom is -0.496 e. The molecular weight excluding hydrogens is 366 g/mol. The monoisotopic (exact) mass is 387 g/mol. The maximum absolute atomic E-state index is 12.6. The summed E-state index contributed by atoms with van der Waals surface area (Å²) in [6.45, 7) is 7.78. The Labute approximate surface area is 151 Å². The van der Waals surface area contributed by atoms with E-state index in [2.05, 4.69) is 28.8 Å². The Kier molecular flexibility index (Phi) is 6.11. The molecule has 0 aliphatic carbocycles. The highest BCUT2D eigenvalue weighted by Gasteiger charge is 2.21. The van der Waals surface area contributed by atoms with Gasteiger partial charge < -0.3 is 4.74 Å². The predicted molar refractivity (Wildman–Crippen MR) is 98.7 cm³/mol. The minimum atomic E-state index is -3.72. The van der Waals surface area contributed by atoms with E-state index in [0.717, 1.165) is 15.7 Å². The number of anilines is 1. The van der Waals surface area contributed by atoms with Crippen molar-refractivity contribution in [2.75, 3.05) is 17.6 Å². The van der Waals surface area contributed by atoms with Crippen LogP contribution >= 0.6 is 23.1 Å². The van der Waals surface area contributed by atoms with E-state index in [1.54, 1.807) is 37.9 Å². The molecule has 1 aromatic heterocycles.